The van der Waals surface area contributed by atoms with E-state index in [2.05, 4.69) is 4.36 Å². The Balaban J connectivity index is 3.37. The molecule has 1 aromatic carbocycles. The Bertz CT molecular complexity index is 436. The third-order valence-corrected chi connectivity index (χ3v) is 2.30. The first kappa shape index (κ1) is 10.0. The zero-order valence-corrected chi connectivity index (χ0v) is 8.35. The maximum absolute atomic E-state index is 10.2. The van der Waals surface area contributed by atoms with Crippen molar-refractivity contribution in [3.05, 3.63) is 22.7 Å². The van der Waals surface area contributed by atoms with E-state index in [0.717, 1.165) is 5.56 Å². The second-order valence-electron chi connectivity index (χ2n) is 2.45. The predicted octanol–water partition coefficient (Wildman–Crippen LogP) is 1.92. The van der Waals surface area contributed by atoms with E-state index >= 15 is 0 Å². The minimum atomic E-state index is -2.48. The van der Waals surface area contributed by atoms with Gasteiger partial charge in [0.05, 0.1) is 5.69 Å². The molecule has 0 amide bonds. The summed E-state index contributed by atoms with van der Waals surface area (Å²) in [6.07, 6.45) is 0. The molecule has 0 aliphatic rings. The average molecular weight is 219 g/mol. The van der Waals surface area contributed by atoms with Gasteiger partial charge in [0.25, 0.3) is 0 Å². The van der Waals surface area contributed by atoms with Gasteiger partial charge in [0.1, 0.15) is 0 Å². The fraction of sp³-hybridized carbons (Fsp3) is 0.143. The van der Waals surface area contributed by atoms with E-state index in [-0.39, 0.29) is 5.69 Å². The minimum Gasteiger partial charge on any atom is -0.398 e. The van der Waals surface area contributed by atoms with Crippen LogP contribution in [0, 0.1) is 6.92 Å². The van der Waals surface area contributed by atoms with Crippen molar-refractivity contribution < 1.29 is 8.42 Å². The molecule has 0 spiro atoms. The molecule has 0 heterocycles. The van der Waals surface area contributed by atoms with E-state index in [1.807, 2.05) is 0 Å². The fourth-order valence-corrected chi connectivity index (χ4v) is 1.32. The lowest BCUT2D eigenvalue weighted by Crippen LogP contribution is -1.89. The van der Waals surface area contributed by atoms with Crippen LogP contribution in [0.25, 0.3) is 0 Å². The number of benzene rings is 1. The second kappa shape index (κ2) is 3.76. The number of rotatable bonds is 1. The Morgan fingerprint density at radius 2 is 2.08 bits per heavy atom. The van der Waals surface area contributed by atoms with Crippen molar-refractivity contribution >= 4 is 33.5 Å². The lowest BCUT2D eigenvalue weighted by molar-refractivity contribution is 0.622. The fourth-order valence-electron chi connectivity index (χ4n) is 0.824. The Morgan fingerprint density at radius 1 is 1.46 bits per heavy atom. The highest BCUT2D eigenvalue weighted by Gasteiger charge is 2.02. The average Bonchev–Trinajstić information content (AvgIpc) is 1.98. The normalized spacial score (nSPS) is 9.69. The molecule has 0 saturated heterocycles. The SMILES string of the molecule is Cc1c(N)cc(N=S(=O)=O)cc1Cl. The Hall–Kier alpha value is -1.07. The number of nitrogens with two attached hydrogens (primary N) is 1. The molecule has 0 bridgehead atoms. The molecule has 0 aliphatic heterocycles. The van der Waals surface area contributed by atoms with Crippen LogP contribution in [0.1, 0.15) is 5.56 Å². The highest BCUT2D eigenvalue weighted by Crippen LogP contribution is 2.27. The minimum absolute atomic E-state index is 0.237. The zero-order chi connectivity index (χ0) is 10.0. The smallest absolute Gasteiger partial charge is 0.316 e. The van der Waals surface area contributed by atoms with E-state index in [1.54, 1.807) is 6.92 Å². The van der Waals surface area contributed by atoms with Crippen LogP contribution < -0.4 is 5.73 Å². The van der Waals surface area contributed by atoms with Gasteiger partial charge in [0, 0.05) is 10.7 Å². The second-order valence-corrected chi connectivity index (χ2v) is 3.47. The lowest BCUT2D eigenvalue weighted by atomic mass is 10.2. The molecule has 0 radical (unpaired) electrons. The maximum Gasteiger partial charge on any atom is 0.316 e. The summed E-state index contributed by atoms with van der Waals surface area (Å²) in [5.74, 6) is 0. The van der Waals surface area contributed by atoms with Gasteiger partial charge < -0.3 is 5.73 Å². The van der Waals surface area contributed by atoms with Gasteiger partial charge in [-0.05, 0) is 24.6 Å². The standard InChI is InChI=1S/C7H7ClN2O2S/c1-4-6(8)2-5(3-7(4)9)10-13(11)12/h2-3H,9H2,1H3. The van der Waals surface area contributed by atoms with Crippen LogP contribution in [-0.4, -0.2) is 8.42 Å². The molecule has 6 heteroatoms. The van der Waals surface area contributed by atoms with Crippen LogP contribution in [0.4, 0.5) is 11.4 Å². The number of nitrogens with zero attached hydrogens (tertiary/aromatic N) is 1. The van der Waals surface area contributed by atoms with Crippen molar-refractivity contribution in [2.24, 2.45) is 4.36 Å². The van der Waals surface area contributed by atoms with E-state index in [9.17, 15) is 8.42 Å². The van der Waals surface area contributed by atoms with Gasteiger partial charge in [0.15, 0.2) is 0 Å². The van der Waals surface area contributed by atoms with Crippen LogP contribution in [0.15, 0.2) is 16.5 Å². The quantitative estimate of drug-likeness (QED) is 0.732. The molecule has 2 N–H and O–H groups in total. The van der Waals surface area contributed by atoms with Crippen LogP contribution in [0.2, 0.25) is 5.02 Å². The van der Waals surface area contributed by atoms with Gasteiger partial charge in [0.2, 0.25) is 0 Å². The molecule has 70 valence electrons. The van der Waals surface area contributed by atoms with Crippen molar-refractivity contribution in [3.63, 3.8) is 0 Å². The molecule has 13 heavy (non-hydrogen) atoms. The van der Waals surface area contributed by atoms with Gasteiger partial charge in [-0.3, -0.25) is 0 Å². The number of hydrogen-bond donors (Lipinski definition) is 1. The number of halogens is 1. The molecule has 1 rings (SSSR count). The van der Waals surface area contributed by atoms with Crippen LogP contribution in [0.5, 0.6) is 0 Å². The molecule has 0 fully saturated rings. The predicted molar refractivity (Wildman–Crippen MR) is 51.6 cm³/mol. The first-order valence-electron chi connectivity index (χ1n) is 3.37. The number of nitrogen functional groups attached to an aromatic ring is 1. The summed E-state index contributed by atoms with van der Waals surface area (Å²) in [4.78, 5) is 0. The molecular weight excluding hydrogens is 212 g/mol. The largest absolute Gasteiger partial charge is 0.398 e. The molecule has 0 atom stereocenters. The van der Waals surface area contributed by atoms with Gasteiger partial charge >= 0.3 is 10.5 Å². The molecule has 0 saturated carbocycles. The van der Waals surface area contributed by atoms with Crippen molar-refractivity contribution in [1.82, 2.24) is 0 Å². The summed E-state index contributed by atoms with van der Waals surface area (Å²) in [5.41, 5.74) is 6.94. The molecule has 0 aliphatic carbocycles. The Labute approximate surface area is 82.0 Å². The summed E-state index contributed by atoms with van der Waals surface area (Å²) < 4.78 is 23.7. The summed E-state index contributed by atoms with van der Waals surface area (Å²) >= 11 is 5.76. The van der Waals surface area contributed by atoms with Gasteiger partial charge in [-0.2, -0.15) is 8.42 Å². The summed E-state index contributed by atoms with van der Waals surface area (Å²) in [5, 5.41) is 0.407. The summed E-state index contributed by atoms with van der Waals surface area (Å²) in [7, 11) is -2.48. The van der Waals surface area contributed by atoms with Crippen LogP contribution >= 0.6 is 11.6 Å². The molecule has 4 nitrogen and oxygen atoms in total. The van der Waals surface area contributed by atoms with Crippen LogP contribution in [0.3, 0.4) is 0 Å². The first-order chi connectivity index (χ1) is 6.00. The van der Waals surface area contributed by atoms with Crippen molar-refractivity contribution in [3.8, 4) is 0 Å². The Kier molecular flexibility index (Phi) is 2.90. The van der Waals surface area contributed by atoms with E-state index in [4.69, 9.17) is 17.3 Å². The summed E-state index contributed by atoms with van der Waals surface area (Å²) in [6.45, 7) is 1.75. The topological polar surface area (TPSA) is 72.5 Å². The third-order valence-electron chi connectivity index (χ3n) is 1.55. The van der Waals surface area contributed by atoms with E-state index in [0.29, 0.717) is 10.7 Å². The van der Waals surface area contributed by atoms with Gasteiger partial charge in [-0.1, -0.05) is 11.6 Å². The molecule has 0 aromatic heterocycles. The van der Waals surface area contributed by atoms with Crippen LogP contribution in [-0.2, 0) is 10.5 Å². The van der Waals surface area contributed by atoms with Gasteiger partial charge in [-0.25, -0.2) is 0 Å². The number of hydrogen-bond acceptors (Lipinski definition) is 4. The third kappa shape index (κ3) is 2.43. The summed E-state index contributed by atoms with van der Waals surface area (Å²) in [6, 6.07) is 2.90. The van der Waals surface area contributed by atoms with Gasteiger partial charge in [-0.15, -0.1) is 4.36 Å². The van der Waals surface area contributed by atoms with E-state index in [1.165, 1.54) is 12.1 Å². The Morgan fingerprint density at radius 3 is 2.54 bits per heavy atom. The maximum atomic E-state index is 10.2. The monoisotopic (exact) mass is 218 g/mol. The molecule has 0 unspecified atom stereocenters. The van der Waals surface area contributed by atoms with E-state index < -0.39 is 10.5 Å². The molecule has 1 aromatic rings. The highest BCUT2D eigenvalue weighted by molar-refractivity contribution is 7.61. The van der Waals surface area contributed by atoms with Crippen molar-refractivity contribution in [2.75, 3.05) is 5.73 Å². The first-order valence-corrected chi connectivity index (χ1v) is 4.78. The number of anilines is 1. The highest BCUT2D eigenvalue weighted by atomic mass is 35.5. The van der Waals surface area contributed by atoms with Crippen molar-refractivity contribution in [1.29, 1.82) is 0 Å². The zero-order valence-electron chi connectivity index (χ0n) is 6.78. The lowest BCUT2D eigenvalue weighted by Gasteiger charge is -2.02. The van der Waals surface area contributed by atoms with Crippen molar-refractivity contribution in [2.45, 2.75) is 6.92 Å². The molecular formula is C7H7ClN2O2S.